The fourth-order valence-electron chi connectivity index (χ4n) is 2.31. The van der Waals surface area contributed by atoms with Crippen LogP contribution >= 0.6 is 0 Å². The van der Waals surface area contributed by atoms with Crippen LogP contribution in [0.3, 0.4) is 0 Å². The lowest BCUT2D eigenvalue weighted by atomic mass is 9.78. The topological polar surface area (TPSA) is 40.6 Å². The third-order valence-corrected chi connectivity index (χ3v) is 4.48. The van der Waals surface area contributed by atoms with Crippen LogP contribution in [0.5, 0.6) is 0 Å². The Balaban J connectivity index is 1.92. The number of aromatic nitrogens is 1. The van der Waals surface area contributed by atoms with Crippen molar-refractivity contribution in [3.05, 3.63) is 23.8 Å². The van der Waals surface area contributed by atoms with E-state index in [1.54, 1.807) is 12.3 Å². The Morgan fingerprint density at radius 3 is 2.30 bits per heavy atom. The molecule has 2 saturated heterocycles. The van der Waals surface area contributed by atoms with E-state index < -0.39 is 18.3 Å². The fourth-order valence-corrected chi connectivity index (χ4v) is 2.31. The molecule has 1 aromatic rings. The largest absolute Gasteiger partial charge is 0.497 e. The summed E-state index contributed by atoms with van der Waals surface area (Å²) < 4.78 is 31.5. The Morgan fingerprint density at radius 2 is 1.80 bits per heavy atom. The number of ether oxygens (including phenoxy) is 1. The molecule has 3 rings (SSSR count). The van der Waals surface area contributed by atoms with Crippen LogP contribution in [0.15, 0.2) is 12.3 Å². The molecule has 0 aromatic carbocycles. The Bertz CT molecular complexity index is 515. The average molecular weight is 279 g/mol. The van der Waals surface area contributed by atoms with Gasteiger partial charge in [-0.05, 0) is 33.8 Å². The third-order valence-electron chi connectivity index (χ3n) is 4.48. The molecule has 4 nitrogen and oxygen atoms in total. The summed E-state index contributed by atoms with van der Waals surface area (Å²) in [7, 11) is -0.692. The van der Waals surface area contributed by atoms with Crippen LogP contribution in [0.2, 0.25) is 0 Å². The van der Waals surface area contributed by atoms with E-state index in [0.717, 1.165) is 0 Å². The number of pyridine rings is 1. The predicted molar refractivity (Wildman–Crippen MR) is 73.5 cm³/mol. The van der Waals surface area contributed by atoms with Gasteiger partial charge in [-0.2, -0.15) is 0 Å². The summed E-state index contributed by atoms with van der Waals surface area (Å²) in [5.41, 5.74) is -0.0933. The first-order chi connectivity index (χ1) is 9.32. The first-order valence-electron chi connectivity index (χ1n) is 6.89. The van der Waals surface area contributed by atoms with Crippen molar-refractivity contribution < 1.29 is 18.4 Å². The minimum Gasteiger partial charge on any atom is -0.399 e. The van der Waals surface area contributed by atoms with Crippen LogP contribution in [-0.4, -0.2) is 36.5 Å². The van der Waals surface area contributed by atoms with Gasteiger partial charge < -0.3 is 14.0 Å². The highest BCUT2D eigenvalue weighted by atomic mass is 19.1. The molecule has 2 aliphatic rings. The van der Waals surface area contributed by atoms with Gasteiger partial charge >= 0.3 is 7.12 Å². The molecule has 0 bridgehead atoms. The first kappa shape index (κ1) is 14.0. The van der Waals surface area contributed by atoms with Crippen LogP contribution in [0, 0.1) is 5.82 Å². The van der Waals surface area contributed by atoms with Gasteiger partial charge in [0.05, 0.1) is 36.0 Å². The second kappa shape index (κ2) is 4.51. The zero-order valence-electron chi connectivity index (χ0n) is 12.3. The van der Waals surface area contributed by atoms with E-state index in [-0.39, 0.29) is 11.7 Å². The molecule has 0 unspecified atom stereocenters. The molecule has 0 radical (unpaired) electrons. The molecule has 108 valence electrons. The van der Waals surface area contributed by atoms with E-state index in [9.17, 15) is 4.39 Å². The summed E-state index contributed by atoms with van der Waals surface area (Å²) in [5.74, 6) is -0.295. The van der Waals surface area contributed by atoms with Gasteiger partial charge in [0.15, 0.2) is 0 Å². The fraction of sp³-hybridized carbons (Fsp3) is 0.643. The van der Waals surface area contributed by atoms with E-state index >= 15 is 0 Å². The maximum atomic E-state index is 14.6. The minimum absolute atomic E-state index is 0.0392. The molecule has 0 aliphatic carbocycles. The Hall–Kier alpha value is -0.975. The highest BCUT2D eigenvalue weighted by molar-refractivity contribution is 6.62. The van der Waals surface area contributed by atoms with E-state index in [4.69, 9.17) is 14.0 Å². The van der Waals surface area contributed by atoms with Gasteiger partial charge in [0.1, 0.15) is 5.82 Å². The van der Waals surface area contributed by atoms with Gasteiger partial charge in [-0.3, -0.25) is 4.98 Å². The summed E-state index contributed by atoms with van der Waals surface area (Å²) in [4.78, 5) is 4.14. The van der Waals surface area contributed by atoms with E-state index in [1.165, 1.54) is 0 Å². The predicted octanol–water partition coefficient (Wildman–Crippen LogP) is 1.63. The van der Waals surface area contributed by atoms with Crippen molar-refractivity contribution in [1.82, 2.24) is 4.98 Å². The Labute approximate surface area is 118 Å². The van der Waals surface area contributed by atoms with Gasteiger partial charge in [-0.1, -0.05) is 0 Å². The SMILES string of the molecule is CC1(C)OB(c2ccnc(C3COC3)c2F)OC1(C)C. The number of halogens is 1. The molecule has 0 amide bonds. The molecule has 3 heterocycles. The molecule has 2 aliphatic heterocycles. The summed E-state index contributed by atoms with van der Waals surface area (Å²) in [6.07, 6.45) is 1.61. The lowest BCUT2D eigenvalue weighted by Crippen LogP contribution is -2.41. The molecule has 20 heavy (non-hydrogen) atoms. The summed E-state index contributed by atoms with van der Waals surface area (Å²) in [5, 5.41) is 0. The van der Waals surface area contributed by atoms with Crippen molar-refractivity contribution >= 4 is 12.6 Å². The smallest absolute Gasteiger partial charge is 0.399 e. The minimum atomic E-state index is -0.692. The van der Waals surface area contributed by atoms with Crippen LogP contribution in [-0.2, 0) is 14.0 Å². The standard InChI is InChI=1S/C14H19BFNO3/c1-13(2)14(3,4)20-15(19-13)10-5-6-17-12(11(10)16)9-7-18-8-9/h5-6,9H,7-8H2,1-4H3. The molecule has 0 N–H and O–H groups in total. The number of rotatable bonds is 2. The van der Waals surface area contributed by atoms with E-state index in [1.807, 2.05) is 27.7 Å². The number of hydrogen-bond acceptors (Lipinski definition) is 4. The van der Waals surface area contributed by atoms with Gasteiger partial charge in [0.25, 0.3) is 0 Å². The van der Waals surface area contributed by atoms with Crippen molar-refractivity contribution in [2.75, 3.05) is 13.2 Å². The van der Waals surface area contributed by atoms with Crippen molar-refractivity contribution in [1.29, 1.82) is 0 Å². The third kappa shape index (κ3) is 2.06. The monoisotopic (exact) mass is 279 g/mol. The molecule has 2 fully saturated rings. The van der Waals surface area contributed by atoms with Crippen LogP contribution in [0.4, 0.5) is 4.39 Å². The normalized spacial score (nSPS) is 24.8. The Morgan fingerprint density at radius 1 is 1.20 bits per heavy atom. The summed E-state index contributed by atoms with van der Waals surface area (Å²) in [6.45, 7) is 8.85. The lowest BCUT2D eigenvalue weighted by Gasteiger charge is -2.32. The maximum absolute atomic E-state index is 14.6. The quantitative estimate of drug-likeness (QED) is 0.772. The number of hydrogen-bond donors (Lipinski definition) is 0. The number of nitrogens with zero attached hydrogens (tertiary/aromatic N) is 1. The zero-order valence-corrected chi connectivity index (χ0v) is 12.3. The molecule has 0 spiro atoms. The van der Waals surface area contributed by atoms with Crippen molar-refractivity contribution in [2.45, 2.75) is 44.8 Å². The molecule has 1 aromatic heterocycles. The highest BCUT2D eigenvalue weighted by Gasteiger charge is 2.52. The van der Waals surface area contributed by atoms with Crippen molar-refractivity contribution in [3.63, 3.8) is 0 Å². The van der Waals surface area contributed by atoms with E-state index in [2.05, 4.69) is 4.98 Å². The van der Waals surface area contributed by atoms with Crippen LogP contribution in [0.25, 0.3) is 0 Å². The second-order valence-corrected chi connectivity index (χ2v) is 6.42. The van der Waals surface area contributed by atoms with Gasteiger partial charge in [-0.15, -0.1) is 0 Å². The molecule has 0 saturated carbocycles. The Kier molecular flexibility index (Phi) is 3.16. The molecular weight excluding hydrogens is 260 g/mol. The summed E-state index contributed by atoms with van der Waals surface area (Å²) >= 11 is 0. The lowest BCUT2D eigenvalue weighted by molar-refractivity contribution is 0.00525. The zero-order chi connectivity index (χ0) is 14.5. The summed E-state index contributed by atoms with van der Waals surface area (Å²) in [6, 6.07) is 1.63. The van der Waals surface area contributed by atoms with Crippen molar-refractivity contribution in [2.24, 2.45) is 0 Å². The molecule has 6 heteroatoms. The van der Waals surface area contributed by atoms with Crippen LogP contribution < -0.4 is 5.46 Å². The van der Waals surface area contributed by atoms with Gasteiger partial charge in [0.2, 0.25) is 0 Å². The first-order valence-corrected chi connectivity index (χ1v) is 6.89. The van der Waals surface area contributed by atoms with Gasteiger partial charge in [0, 0.05) is 11.7 Å². The van der Waals surface area contributed by atoms with E-state index in [0.29, 0.717) is 24.4 Å². The van der Waals surface area contributed by atoms with Crippen molar-refractivity contribution in [3.8, 4) is 0 Å². The highest BCUT2D eigenvalue weighted by Crippen LogP contribution is 2.37. The van der Waals surface area contributed by atoms with Gasteiger partial charge in [-0.25, -0.2) is 4.39 Å². The maximum Gasteiger partial charge on any atom is 0.497 e. The van der Waals surface area contributed by atoms with Crippen LogP contribution in [0.1, 0.15) is 39.3 Å². The molecule has 0 atom stereocenters. The molecular formula is C14H19BFNO3. The average Bonchev–Trinajstić information content (AvgIpc) is 2.48. The second-order valence-electron chi connectivity index (χ2n) is 6.42.